The molecule has 0 aliphatic carbocycles. The maximum absolute atomic E-state index is 12.4. The van der Waals surface area contributed by atoms with Gasteiger partial charge in [0.05, 0.1) is 6.42 Å². The average molecular weight is 361 g/mol. The molecule has 0 saturated carbocycles. The highest BCUT2D eigenvalue weighted by Gasteiger charge is 2.16. The van der Waals surface area contributed by atoms with E-state index in [4.69, 9.17) is 0 Å². The second kappa shape index (κ2) is 7.58. The van der Waals surface area contributed by atoms with Crippen molar-refractivity contribution in [1.29, 1.82) is 0 Å². The van der Waals surface area contributed by atoms with Gasteiger partial charge in [-0.05, 0) is 49.2 Å². The SMILES string of the molecule is CC(C)(C)NC(=O)c1cc(NC(=O)Cc2ccc3ccccc3c2)ccn1. The number of hydrogen-bond donors (Lipinski definition) is 2. The van der Waals surface area contributed by atoms with Crippen molar-refractivity contribution < 1.29 is 9.59 Å². The number of amides is 2. The van der Waals surface area contributed by atoms with Gasteiger partial charge >= 0.3 is 0 Å². The van der Waals surface area contributed by atoms with Crippen molar-refractivity contribution in [3.63, 3.8) is 0 Å². The molecule has 0 atom stereocenters. The molecule has 3 aromatic rings. The Balaban J connectivity index is 1.68. The molecule has 2 N–H and O–H groups in total. The third kappa shape index (κ3) is 5.14. The van der Waals surface area contributed by atoms with Crippen LogP contribution < -0.4 is 10.6 Å². The van der Waals surface area contributed by atoms with E-state index in [2.05, 4.69) is 15.6 Å². The zero-order chi connectivity index (χ0) is 19.4. The van der Waals surface area contributed by atoms with Gasteiger partial charge < -0.3 is 10.6 Å². The second-order valence-corrected chi connectivity index (χ2v) is 7.54. The minimum Gasteiger partial charge on any atom is -0.346 e. The Morgan fingerprint density at radius 3 is 2.44 bits per heavy atom. The van der Waals surface area contributed by atoms with Crippen molar-refractivity contribution in [2.45, 2.75) is 32.7 Å². The minimum atomic E-state index is -0.353. The van der Waals surface area contributed by atoms with E-state index in [0.29, 0.717) is 5.69 Å². The summed E-state index contributed by atoms with van der Waals surface area (Å²) in [5.74, 6) is -0.410. The summed E-state index contributed by atoms with van der Waals surface area (Å²) in [7, 11) is 0. The zero-order valence-corrected chi connectivity index (χ0v) is 15.7. The van der Waals surface area contributed by atoms with Crippen LogP contribution in [0.2, 0.25) is 0 Å². The molecule has 0 spiro atoms. The van der Waals surface area contributed by atoms with Crippen molar-refractivity contribution in [2.24, 2.45) is 0 Å². The predicted molar refractivity (Wildman–Crippen MR) is 108 cm³/mol. The van der Waals surface area contributed by atoms with Crippen molar-refractivity contribution in [1.82, 2.24) is 10.3 Å². The summed E-state index contributed by atoms with van der Waals surface area (Å²) in [6.45, 7) is 5.71. The van der Waals surface area contributed by atoms with Crippen LogP contribution in [-0.4, -0.2) is 22.3 Å². The average Bonchev–Trinajstić information content (AvgIpc) is 2.60. The topological polar surface area (TPSA) is 71.1 Å². The summed E-state index contributed by atoms with van der Waals surface area (Å²) in [5, 5.41) is 7.94. The van der Waals surface area contributed by atoms with E-state index >= 15 is 0 Å². The lowest BCUT2D eigenvalue weighted by molar-refractivity contribution is -0.115. The second-order valence-electron chi connectivity index (χ2n) is 7.54. The van der Waals surface area contributed by atoms with Gasteiger partial charge in [0.25, 0.3) is 5.91 Å². The highest BCUT2D eigenvalue weighted by atomic mass is 16.2. The first-order valence-electron chi connectivity index (χ1n) is 8.86. The first-order valence-corrected chi connectivity index (χ1v) is 8.86. The molecule has 0 radical (unpaired) electrons. The van der Waals surface area contributed by atoms with E-state index < -0.39 is 0 Å². The number of carbonyl (C=O) groups excluding carboxylic acids is 2. The molecule has 0 fully saturated rings. The molecule has 2 aromatic carbocycles. The van der Waals surface area contributed by atoms with E-state index in [9.17, 15) is 9.59 Å². The molecule has 3 rings (SSSR count). The van der Waals surface area contributed by atoms with Gasteiger partial charge in [0.1, 0.15) is 5.69 Å². The Morgan fingerprint density at radius 2 is 1.70 bits per heavy atom. The number of nitrogens with one attached hydrogen (secondary N) is 2. The minimum absolute atomic E-state index is 0.140. The maximum Gasteiger partial charge on any atom is 0.270 e. The largest absolute Gasteiger partial charge is 0.346 e. The molecular weight excluding hydrogens is 338 g/mol. The highest BCUT2D eigenvalue weighted by Crippen LogP contribution is 2.17. The summed E-state index contributed by atoms with van der Waals surface area (Å²) in [5.41, 5.74) is 1.41. The summed E-state index contributed by atoms with van der Waals surface area (Å²) in [6.07, 6.45) is 1.78. The van der Waals surface area contributed by atoms with E-state index in [-0.39, 0.29) is 29.5 Å². The third-order valence-corrected chi connectivity index (χ3v) is 3.94. The van der Waals surface area contributed by atoms with Crippen molar-refractivity contribution in [3.05, 3.63) is 72.1 Å². The van der Waals surface area contributed by atoms with Crippen LogP contribution in [0.25, 0.3) is 10.8 Å². The highest BCUT2D eigenvalue weighted by molar-refractivity contribution is 5.96. The molecule has 0 aliphatic rings. The smallest absolute Gasteiger partial charge is 0.270 e. The summed E-state index contributed by atoms with van der Waals surface area (Å²) in [6, 6.07) is 17.3. The Bertz CT molecular complexity index is 990. The Morgan fingerprint density at radius 1 is 0.963 bits per heavy atom. The van der Waals surface area contributed by atoms with E-state index in [0.717, 1.165) is 16.3 Å². The summed E-state index contributed by atoms with van der Waals surface area (Å²) in [4.78, 5) is 28.7. The fourth-order valence-corrected chi connectivity index (χ4v) is 2.78. The summed E-state index contributed by atoms with van der Waals surface area (Å²) < 4.78 is 0. The van der Waals surface area contributed by atoms with Gasteiger partial charge in [0.2, 0.25) is 5.91 Å². The monoisotopic (exact) mass is 361 g/mol. The van der Waals surface area contributed by atoms with E-state index in [1.807, 2.05) is 63.2 Å². The molecule has 5 nitrogen and oxygen atoms in total. The number of benzene rings is 2. The number of rotatable bonds is 4. The number of pyridine rings is 1. The molecule has 138 valence electrons. The van der Waals surface area contributed by atoms with E-state index in [1.165, 1.54) is 6.20 Å². The molecule has 0 unspecified atom stereocenters. The Kier molecular flexibility index (Phi) is 5.21. The van der Waals surface area contributed by atoms with Crippen LogP contribution in [-0.2, 0) is 11.2 Å². The van der Waals surface area contributed by atoms with Gasteiger partial charge in [-0.1, -0.05) is 42.5 Å². The zero-order valence-electron chi connectivity index (χ0n) is 15.7. The van der Waals surface area contributed by atoms with Crippen molar-refractivity contribution >= 4 is 28.3 Å². The van der Waals surface area contributed by atoms with Crippen molar-refractivity contribution in [3.8, 4) is 0 Å². The fourth-order valence-electron chi connectivity index (χ4n) is 2.78. The van der Waals surface area contributed by atoms with Crippen LogP contribution >= 0.6 is 0 Å². The van der Waals surface area contributed by atoms with Crippen LogP contribution in [0, 0.1) is 0 Å². The lowest BCUT2D eigenvalue weighted by Crippen LogP contribution is -2.40. The number of hydrogen-bond acceptors (Lipinski definition) is 3. The number of fused-ring (bicyclic) bond motifs is 1. The standard InChI is InChI=1S/C22H23N3O2/c1-22(2,3)25-21(27)19-14-18(10-11-23-19)24-20(26)13-15-8-9-16-6-4-5-7-17(16)12-15/h4-12,14H,13H2,1-3H3,(H,25,27)(H,23,24,26). The third-order valence-electron chi connectivity index (χ3n) is 3.94. The number of nitrogens with zero attached hydrogens (tertiary/aromatic N) is 1. The molecule has 27 heavy (non-hydrogen) atoms. The lowest BCUT2D eigenvalue weighted by atomic mass is 10.0. The van der Waals surface area contributed by atoms with Crippen molar-refractivity contribution in [2.75, 3.05) is 5.32 Å². The number of aromatic nitrogens is 1. The lowest BCUT2D eigenvalue weighted by Gasteiger charge is -2.20. The van der Waals surface area contributed by atoms with Crippen LogP contribution in [0.3, 0.4) is 0 Å². The number of anilines is 1. The number of carbonyl (C=O) groups is 2. The van der Waals surface area contributed by atoms with Crippen LogP contribution in [0.4, 0.5) is 5.69 Å². The fraction of sp³-hybridized carbons (Fsp3) is 0.227. The molecule has 0 aliphatic heterocycles. The van der Waals surface area contributed by atoms with Gasteiger partial charge in [-0.2, -0.15) is 0 Å². The van der Waals surface area contributed by atoms with Gasteiger partial charge in [0, 0.05) is 17.4 Å². The molecular formula is C22H23N3O2. The molecule has 1 heterocycles. The van der Waals surface area contributed by atoms with Crippen LogP contribution in [0.5, 0.6) is 0 Å². The van der Waals surface area contributed by atoms with E-state index in [1.54, 1.807) is 12.1 Å². The molecule has 0 saturated heterocycles. The Labute approximate surface area is 158 Å². The van der Waals surface area contributed by atoms with Gasteiger partial charge in [0.15, 0.2) is 0 Å². The van der Waals surface area contributed by atoms with Crippen LogP contribution in [0.1, 0.15) is 36.8 Å². The van der Waals surface area contributed by atoms with Gasteiger partial charge in [-0.3, -0.25) is 14.6 Å². The molecule has 1 aromatic heterocycles. The normalized spacial score (nSPS) is 11.2. The van der Waals surface area contributed by atoms with Crippen LogP contribution in [0.15, 0.2) is 60.8 Å². The van der Waals surface area contributed by atoms with Gasteiger partial charge in [-0.15, -0.1) is 0 Å². The maximum atomic E-state index is 12.4. The Hall–Kier alpha value is -3.21. The first-order chi connectivity index (χ1) is 12.8. The van der Waals surface area contributed by atoms with Gasteiger partial charge in [-0.25, -0.2) is 0 Å². The molecule has 5 heteroatoms. The predicted octanol–water partition coefficient (Wildman–Crippen LogP) is 3.94. The molecule has 2 amide bonds. The first kappa shape index (κ1) is 18.6. The quantitative estimate of drug-likeness (QED) is 0.739. The molecule has 0 bridgehead atoms. The summed E-state index contributed by atoms with van der Waals surface area (Å²) >= 11 is 0.